The van der Waals surface area contributed by atoms with Crippen molar-refractivity contribution in [2.45, 2.75) is 50.1 Å². The molecule has 1 fully saturated rings. The molecule has 2 amide bonds. The van der Waals surface area contributed by atoms with Crippen LogP contribution in [0.1, 0.15) is 41.8 Å². The fourth-order valence-corrected chi connectivity index (χ4v) is 6.33. The van der Waals surface area contributed by atoms with Gasteiger partial charge in [0.25, 0.3) is 10.0 Å². The number of hydrogen-bond donors (Lipinski definition) is 1. The highest BCUT2D eigenvalue weighted by Crippen LogP contribution is 2.38. The predicted molar refractivity (Wildman–Crippen MR) is 162 cm³/mol. The standard InChI is InChI=1S/C31H30ClF3N4O5S/c1-20-6-12-23(13-7-20)45(42,43)37-30(41)44-17-14-21-8-10-22(11-9-21)39-27-19-25(32)24(31(33,34)35)18-26(27)36-28(39)4-2-15-38-16-3-5-29(38)40/h6-13,18-19H,2-5,14-17H2,1H3,(H,37,41). The van der Waals surface area contributed by atoms with E-state index in [4.69, 9.17) is 16.3 Å². The fourth-order valence-electron chi connectivity index (χ4n) is 5.18. The molecule has 45 heavy (non-hydrogen) atoms. The van der Waals surface area contributed by atoms with Crippen LogP contribution < -0.4 is 4.72 Å². The van der Waals surface area contributed by atoms with Gasteiger partial charge in [0.05, 0.1) is 33.1 Å². The summed E-state index contributed by atoms with van der Waals surface area (Å²) < 4.78 is 74.2. The zero-order valence-corrected chi connectivity index (χ0v) is 25.8. The van der Waals surface area contributed by atoms with E-state index in [1.165, 1.54) is 18.2 Å². The van der Waals surface area contributed by atoms with Crippen molar-refractivity contribution in [2.75, 3.05) is 19.7 Å². The van der Waals surface area contributed by atoms with Crippen LogP contribution in [-0.2, 0) is 38.6 Å². The summed E-state index contributed by atoms with van der Waals surface area (Å²) in [7, 11) is -4.08. The molecule has 2 heterocycles. The highest BCUT2D eigenvalue weighted by atomic mass is 35.5. The Morgan fingerprint density at radius 2 is 1.78 bits per heavy atom. The molecule has 5 rings (SSSR count). The van der Waals surface area contributed by atoms with Gasteiger partial charge < -0.3 is 9.64 Å². The molecular weight excluding hydrogens is 633 g/mol. The molecule has 0 bridgehead atoms. The molecule has 0 aliphatic carbocycles. The van der Waals surface area contributed by atoms with Crippen molar-refractivity contribution >= 4 is 44.7 Å². The largest absolute Gasteiger partial charge is 0.448 e. The van der Waals surface area contributed by atoms with Crippen LogP contribution in [0.15, 0.2) is 65.6 Å². The normalized spacial score (nSPS) is 13.9. The van der Waals surface area contributed by atoms with E-state index in [1.54, 1.807) is 45.9 Å². The Morgan fingerprint density at radius 3 is 2.42 bits per heavy atom. The zero-order valence-electron chi connectivity index (χ0n) is 24.2. The number of sulfonamides is 1. The molecule has 0 saturated carbocycles. The van der Waals surface area contributed by atoms with Crippen molar-refractivity contribution in [3.8, 4) is 5.69 Å². The SMILES string of the molecule is Cc1ccc(S(=O)(=O)NC(=O)OCCc2ccc(-n3c(CCCN4CCCC4=O)nc4cc(C(F)(F)F)c(Cl)cc43)cc2)cc1. The van der Waals surface area contributed by atoms with Gasteiger partial charge in [0, 0.05) is 38.0 Å². The molecule has 1 aromatic heterocycles. The summed E-state index contributed by atoms with van der Waals surface area (Å²) in [6, 6.07) is 15.3. The number of rotatable bonds is 10. The molecule has 14 heteroatoms. The van der Waals surface area contributed by atoms with Crippen LogP contribution in [0.2, 0.25) is 5.02 Å². The Hall–Kier alpha value is -4.10. The van der Waals surface area contributed by atoms with Gasteiger partial charge in [0.2, 0.25) is 5.91 Å². The van der Waals surface area contributed by atoms with Gasteiger partial charge in [0.15, 0.2) is 0 Å². The monoisotopic (exact) mass is 662 g/mol. The van der Waals surface area contributed by atoms with E-state index in [9.17, 15) is 31.2 Å². The third-order valence-corrected chi connectivity index (χ3v) is 9.13. The second kappa shape index (κ2) is 13.1. The van der Waals surface area contributed by atoms with E-state index in [1.807, 2.05) is 11.6 Å². The first-order valence-electron chi connectivity index (χ1n) is 14.2. The number of carbonyl (C=O) groups is 2. The average Bonchev–Trinajstić information content (AvgIpc) is 3.54. The number of amides is 2. The smallest absolute Gasteiger partial charge is 0.421 e. The van der Waals surface area contributed by atoms with Crippen molar-refractivity contribution in [1.82, 2.24) is 19.2 Å². The van der Waals surface area contributed by atoms with Gasteiger partial charge in [0.1, 0.15) is 5.82 Å². The Kier molecular flexibility index (Phi) is 9.40. The summed E-state index contributed by atoms with van der Waals surface area (Å²) in [5.41, 5.74) is 1.85. The topological polar surface area (TPSA) is 111 Å². The Labute approximate surface area is 263 Å². The van der Waals surface area contributed by atoms with E-state index in [0.29, 0.717) is 49.4 Å². The highest BCUT2D eigenvalue weighted by Gasteiger charge is 2.34. The van der Waals surface area contributed by atoms with Crippen LogP contribution in [0.5, 0.6) is 0 Å². The molecule has 9 nitrogen and oxygen atoms in total. The van der Waals surface area contributed by atoms with Gasteiger partial charge >= 0.3 is 12.3 Å². The van der Waals surface area contributed by atoms with Crippen LogP contribution in [0.3, 0.4) is 0 Å². The number of imidazole rings is 1. The van der Waals surface area contributed by atoms with Crippen LogP contribution in [0, 0.1) is 6.92 Å². The van der Waals surface area contributed by atoms with Crippen molar-refractivity contribution < 1.29 is 35.9 Å². The first kappa shape index (κ1) is 32.3. The van der Waals surface area contributed by atoms with Crippen LogP contribution in [0.4, 0.5) is 18.0 Å². The van der Waals surface area contributed by atoms with Crippen LogP contribution >= 0.6 is 11.6 Å². The lowest BCUT2D eigenvalue weighted by Gasteiger charge is -2.16. The van der Waals surface area contributed by atoms with Crippen molar-refractivity contribution in [2.24, 2.45) is 0 Å². The van der Waals surface area contributed by atoms with E-state index < -0.39 is 32.9 Å². The number of fused-ring (bicyclic) bond motifs is 1. The molecule has 238 valence electrons. The summed E-state index contributed by atoms with van der Waals surface area (Å²) in [5, 5.41) is -0.443. The third kappa shape index (κ3) is 7.59. The van der Waals surface area contributed by atoms with Gasteiger partial charge in [-0.25, -0.2) is 22.9 Å². The number of aryl methyl sites for hydroxylation is 2. The maximum atomic E-state index is 13.6. The summed E-state index contributed by atoms with van der Waals surface area (Å²) in [5.74, 6) is 0.615. The third-order valence-electron chi connectivity index (χ3n) is 7.49. The van der Waals surface area contributed by atoms with Crippen molar-refractivity contribution in [1.29, 1.82) is 0 Å². The number of halogens is 4. The molecule has 4 aromatic rings. The number of likely N-dealkylation sites (tertiary alicyclic amines) is 1. The van der Waals surface area contributed by atoms with Crippen molar-refractivity contribution in [3.63, 3.8) is 0 Å². The lowest BCUT2D eigenvalue weighted by molar-refractivity contribution is -0.137. The summed E-state index contributed by atoms with van der Waals surface area (Å²) >= 11 is 6.06. The maximum absolute atomic E-state index is 13.6. The minimum Gasteiger partial charge on any atom is -0.448 e. The number of carbonyl (C=O) groups excluding carboxylic acids is 2. The Bertz CT molecular complexity index is 1830. The summed E-state index contributed by atoms with van der Waals surface area (Å²) in [6.45, 7) is 2.92. The van der Waals surface area contributed by atoms with Gasteiger partial charge in [-0.3, -0.25) is 9.36 Å². The number of aromatic nitrogens is 2. The van der Waals surface area contributed by atoms with Crippen molar-refractivity contribution in [3.05, 3.63) is 88.2 Å². The molecule has 1 aliphatic rings. The molecule has 0 spiro atoms. The molecule has 1 saturated heterocycles. The van der Waals surface area contributed by atoms with Gasteiger partial charge in [-0.15, -0.1) is 0 Å². The number of benzene rings is 3. The second-order valence-corrected chi connectivity index (χ2v) is 12.8. The minimum atomic E-state index is -4.64. The lowest BCUT2D eigenvalue weighted by Crippen LogP contribution is -2.31. The molecule has 1 aliphatic heterocycles. The molecule has 0 radical (unpaired) electrons. The van der Waals surface area contributed by atoms with E-state index >= 15 is 0 Å². The molecule has 3 aromatic carbocycles. The van der Waals surface area contributed by atoms with Gasteiger partial charge in [-0.1, -0.05) is 41.4 Å². The highest BCUT2D eigenvalue weighted by molar-refractivity contribution is 7.90. The molecule has 0 unspecified atom stereocenters. The number of nitrogens with zero attached hydrogens (tertiary/aromatic N) is 3. The number of nitrogens with one attached hydrogen (secondary N) is 1. The molecule has 1 N–H and O–H groups in total. The Morgan fingerprint density at radius 1 is 1.07 bits per heavy atom. The summed E-state index contributed by atoms with van der Waals surface area (Å²) in [4.78, 5) is 30.4. The van der Waals surface area contributed by atoms with Gasteiger partial charge in [-0.05, 0) is 61.7 Å². The number of alkyl halides is 3. The predicted octanol–water partition coefficient (Wildman–Crippen LogP) is 6.22. The van der Waals surface area contributed by atoms with Gasteiger partial charge in [-0.2, -0.15) is 13.2 Å². The zero-order chi connectivity index (χ0) is 32.4. The van der Waals surface area contributed by atoms with Crippen LogP contribution in [-0.4, -0.2) is 54.6 Å². The Balaban J connectivity index is 1.29. The summed E-state index contributed by atoms with van der Waals surface area (Å²) in [6.07, 6.45) is -3.15. The molecular formula is C31H30ClF3N4O5S. The van der Waals surface area contributed by atoms with E-state index in [2.05, 4.69) is 4.98 Å². The van der Waals surface area contributed by atoms with E-state index in [0.717, 1.165) is 23.6 Å². The number of ether oxygens (including phenoxy) is 1. The molecule has 0 atom stereocenters. The van der Waals surface area contributed by atoms with Crippen LogP contribution in [0.25, 0.3) is 16.7 Å². The quantitative estimate of drug-likeness (QED) is 0.216. The second-order valence-electron chi connectivity index (χ2n) is 10.7. The minimum absolute atomic E-state index is 0.0625. The first-order valence-corrected chi connectivity index (χ1v) is 16.1. The lowest BCUT2D eigenvalue weighted by atomic mass is 10.1. The first-order chi connectivity index (χ1) is 21.3. The maximum Gasteiger partial charge on any atom is 0.421 e. The van der Waals surface area contributed by atoms with E-state index in [-0.39, 0.29) is 29.3 Å². The fraction of sp³-hybridized carbons (Fsp3) is 0.323. The average molecular weight is 663 g/mol. The number of hydrogen-bond acceptors (Lipinski definition) is 6.